The van der Waals surface area contributed by atoms with E-state index in [1.165, 1.54) is 9.13 Å². The van der Waals surface area contributed by atoms with E-state index < -0.39 is 0 Å². The summed E-state index contributed by atoms with van der Waals surface area (Å²) in [7, 11) is 0. The molecule has 0 atom stereocenters. The van der Waals surface area contributed by atoms with Gasteiger partial charge in [0.05, 0.1) is 0 Å². The van der Waals surface area contributed by atoms with Crippen molar-refractivity contribution < 1.29 is 21.2 Å². The molecule has 2 rings (SSSR count). The van der Waals surface area contributed by atoms with E-state index in [4.69, 9.17) is 0 Å². The lowest BCUT2D eigenvalue weighted by Gasteiger charge is -2.29. The third-order valence-corrected chi connectivity index (χ3v) is 7.53. The quantitative estimate of drug-likeness (QED) is 0.614. The van der Waals surface area contributed by atoms with E-state index >= 15 is 0 Å². The first-order valence-electron chi connectivity index (χ1n) is 9.19. The van der Waals surface area contributed by atoms with Gasteiger partial charge in [-0.1, -0.05) is 92.6 Å². The van der Waals surface area contributed by atoms with Gasteiger partial charge in [-0.2, -0.15) is 0 Å². The molecule has 0 aliphatic rings. The zero-order chi connectivity index (χ0) is 19.0. The van der Waals surface area contributed by atoms with Crippen molar-refractivity contribution in [2.75, 3.05) is 0 Å². The van der Waals surface area contributed by atoms with E-state index in [9.17, 15) is 0 Å². The summed E-state index contributed by atoms with van der Waals surface area (Å²) in [5.74, 6) is 0. The van der Waals surface area contributed by atoms with Crippen LogP contribution in [0, 0.1) is 7.14 Å². The van der Waals surface area contributed by atoms with Crippen LogP contribution in [0.2, 0.25) is 0 Å². The smallest absolute Gasteiger partial charge is 0.0619 e. The van der Waals surface area contributed by atoms with Gasteiger partial charge in [-0.25, -0.2) is 0 Å². The normalized spacial score (nSPS) is 13.2. The van der Waals surface area contributed by atoms with Gasteiger partial charge in [0.2, 0.25) is 3.57 Å². The molecule has 0 aromatic heterocycles. The summed E-state index contributed by atoms with van der Waals surface area (Å²) >= 11 is -0.196. The van der Waals surface area contributed by atoms with Gasteiger partial charge in [-0.15, -0.1) is 0 Å². The highest BCUT2D eigenvalue weighted by Crippen LogP contribution is 2.34. The summed E-state index contributed by atoms with van der Waals surface area (Å²) in [6, 6.07) is 16.0. The first-order valence-corrected chi connectivity index (χ1v) is 11.4. The highest BCUT2D eigenvalue weighted by Gasteiger charge is 2.36. The van der Waals surface area contributed by atoms with Crippen molar-refractivity contribution >= 4 is 0 Å². The Bertz CT molecular complexity index is 684. The van der Waals surface area contributed by atoms with Crippen LogP contribution in [0.25, 0.3) is 0 Å². The van der Waals surface area contributed by atoms with Gasteiger partial charge in [0.15, 0.2) is 3.57 Å². The lowest BCUT2D eigenvalue weighted by molar-refractivity contribution is -0.599. The molecule has 0 saturated heterocycles. The van der Waals surface area contributed by atoms with Crippen LogP contribution in [0.15, 0.2) is 42.5 Å². The van der Waals surface area contributed by atoms with Crippen molar-refractivity contribution in [2.24, 2.45) is 0 Å². The van der Waals surface area contributed by atoms with E-state index in [-0.39, 0.29) is 37.5 Å². The second kappa shape index (κ2) is 7.06. The van der Waals surface area contributed by atoms with E-state index in [0.29, 0.717) is 0 Å². The van der Waals surface area contributed by atoms with Crippen LogP contribution in [-0.4, -0.2) is 0 Å². The standard InChI is InChI=1S/C24H34I/c1-22(2,3)17-15-19(23(4,5)6)21(20(16-17)24(7,8)9)25-18-13-11-10-12-14-18/h10-16H,1-9H3/q+1. The van der Waals surface area contributed by atoms with Gasteiger partial charge in [-0.3, -0.25) is 0 Å². The van der Waals surface area contributed by atoms with Crippen molar-refractivity contribution in [3.05, 3.63) is 66.3 Å². The highest BCUT2D eigenvalue weighted by molar-refractivity contribution is 5.39. The minimum atomic E-state index is -0.196. The SMILES string of the molecule is CC(C)(C)c1cc(C(C)(C)C)c([I+]c2ccccc2)c(C(C)(C)C)c1. The molecule has 1 heteroatoms. The topological polar surface area (TPSA) is 0 Å². The van der Waals surface area contributed by atoms with Gasteiger partial charge >= 0.3 is 21.2 Å². The second-order valence-electron chi connectivity index (χ2n) is 10.0. The second-order valence-corrected chi connectivity index (χ2v) is 12.9. The molecule has 0 spiro atoms. The molecule has 0 radical (unpaired) electrons. The van der Waals surface area contributed by atoms with Gasteiger partial charge in [-0.05, 0) is 33.9 Å². The maximum Gasteiger partial charge on any atom is 0.358 e. The van der Waals surface area contributed by atoms with Gasteiger partial charge in [0.1, 0.15) is 0 Å². The molecule has 0 aliphatic carbocycles. The molecule has 0 aliphatic heterocycles. The summed E-state index contributed by atoms with van der Waals surface area (Å²) in [4.78, 5) is 0. The predicted molar refractivity (Wildman–Crippen MR) is 106 cm³/mol. The lowest BCUT2D eigenvalue weighted by atomic mass is 9.75. The largest absolute Gasteiger partial charge is 0.358 e. The van der Waals surface area contributed by atoms with Crippen LogP contribution in [-0.2, 0) is 16.2 Å². The average Bonchev–Trinajstić information content (AvgIpc) is 2.45. The van der Waals surface area contributed by atoms with Crippen LogP contribution >= 0.6 is 0 Å². The Morgan fingerprint density at radius 1 is 0.600 bits per heavy atom. The fourth-order valence-corrected chi connectivity index (χ4v) is 6.75. The van der Waals surface area contributed by atoms with Crippen molar-refractivity contribution in [1.29, 1.82) is 0 Å². The Morgan fingerprint density at radius 2 is 1.04 bits per heavy atom. The summed E-state index contributed by atoms with van der Waals surface area (Å²) in [5, 5.41) is 0. The zero-order valence-corrected chi connectivity index (χ0v) is 19.6. The number of rotatable bonds is 2. The molecular weight excluding hydrogens is 415 g/mol. The molecule has 136 valence electrons. The van der Waals surface area contributed by atoms with Crippen molar-refractivity contribution in [1.82, 2.24) is 0 Å². The average molecular weight is 449 g/mol. The molecule has 0 fully saturated rings. The predicted octanol–water partition coefficient (Wildman–Crippen LogP) is 3.71. The van der Waals surface area contributed by atoms with Crippen LogP contribution in [0.1, 0.15) is 79.0 Å². The van der Waals surface area contributed by atoms with Crippen LogP contribution in [0.4, 0.5) is 0 Å². The summed E-state index contributed by atoms with van der Waals surface area (Å²) in [6.45, 7) is 21.1. The molecule has 0 amide bonds. The number of hydrogen-bond donors (Lipinski definition) is 0. The Labute approximate surface area is 165 Å². The molecule has 0 nitrogen and oxygen atoms in total. The molecule has 2 aromatic rings. The first kappa shape index (κ1) is 20.5. The summed E-state index contributed by atoms with van der Waals surface area (Å²) in [6.07, 6.45) is 0. The fraction of sp³-hybridized carbons (Fsp3) is 0.500. The molecule has 25 heavy (non-hydrogen) atoms. The molecule has 0 bridgehead atoms. The third-order valence-electron chi connectivity index (χ3n) is 4.49. The Kier molecular flexibility index (Phi) is 5.78. The maximum absolute atomic E-state index is 2.49. The summed E-state index contributed by atoms with van der Waals surface area (Å²) < 4.78 is 3.12. The highest BCUT2D eigenvalue weighted by atomic mass is 127. The van der Waals surface area contributed by atoms with E-state index in [2.05, 4.69) is 105 Å². The Morgan fingerprint density at radius 3 is 1.40 bits per heavy atom. The molecule has 0 N–H and O–H groups in total. The number of hydrogen-bond acceptors (Lipinski definition) is 0. The zero-order valence-electron chi connectivity index (χ0n) is 17.4. The molecule has 0 unspecified atom stereocenters. The first-order chi connectivity index (χ1) is 11.3. The van der Waals surface area contributed by atoms with E-state index in [0.717, 1.165) is 0 Å². The monoisotopic (exact) mass is 449 g/mol. The summed E-state index contributed by atoms with van der Waals surface area (Å²) in [5.41, 5.74) is 5.03. The van der Waals surface area contributed by atoms with Crippen molar-refractivity contribution in [3.8, 4) is 0 Å². The van der Waals surface area contributed by atoms with Crippen LogP contribution in [0.5, 0.6) is 0 Å². The van der Waals surface area contributed by atoms with Gasteiger partial charge in [0, 0.05) is 11.1 Å². The maximum atomic E-state index is 2.49. The Balaban J connectivity index is 2.77. The minimum absolute atomic E-state index is 0.158. The van der Waals surface area contributed by atoms with Crippen LogP contribution < -0.4 is 21.2 Å². The third kappa shape index (κ3) is 5.09. The van der Waals surface area contributed by atoms with Crippen molar-refractivity contribution in [2.45, 2.75) is 78.6 Å². The molecule has 2 aromatic carbocycles. The van der Waals surface area contributed by atoms with Gasteiger partial charge in [0.25, 0.3) is 0 Å². The fourth-order valence-electron chi connectivity index (χ4n) is 2.84. The number of halogens is 1. The van der Waals surface area contributed by atoms with Crippen molar-refractivity contribution in [3.63, 3.8) is 0 Å². The molecule has 0 heterocycles. The van der Waals surface area contributed by atoms with Gasteiger partial charge < -0.3 is 0 Å². The van der Waals surface area contributed by atoms with E-state index in [1.54, 1.807) is 14.7 Å². The lowest BCUT2D eigenvalue weighted by Crippen LogP contribution is -3.62. The van der Waals surface area contributed by atoms with E-state index in [1.807, 2.05) is 0 Å². The minimum Gasteiger partial charge on any atom is -0.0619 e. The Hall–Kier alpha value is -0.830. The number of benzene rings is 2. The molecular formula is C24H34I+. The molecule has 0 saturated carbocycles. The van der Waals surface area contributed by atoms with Crippen LogP contribution in [0.3, 0.4) is 0 Å².